The standard InChI is InChI=1S/C17H21N3O/c1-11-3-4-12(2)16(9-11)20-17(21)8-6-13-5-7-14(18)15(19)10-13/h3-5,7,9-10H,6,8,18-19H2,1-2H3,(H,20,21). The summed E-state index contributed by atoms with van der Waals surface area (Å²) < 4.78 is 0. The monoisotopic (exact) mass is 283 g/mol. The summed E-state index contributed by atoms with van der Waals surface area (Å²) in [6.45, 7) is 3.99. The largest absolute Gasteiger partial charge is 0.397 e. The van der Waals surface area contributed by atoms with Crippen molar-refractivity contribution >= 4 is 23.0 Å². The second-order valence-electron chi connectivity index (χ2n) is 5.33. The molecule has 0 bridgehead atoms. The normalized spacial score (nSPS) is 10.4. The lowest BCUT2D eigenvalue weighted by molar-refractivity contribution is -0.116. The molecule has 0 radical (unpaired) electrons. The molecule has 0 heterocycles. The number of hydrogen-bond acceptors (Lipinski definition) is 3. The van der Waals surface area contributed by atoms with Gasteiger partial charge in [0.15, 0.2) is 0 Å². The summed E-state index contributed by atoms with van der Waals surface area (Å²) in [7, 11) is 0. The number of benzene rings is 2. The van der Waals surface area contributed by atoms with Crippen molar-refractivity contribution < 1.29 is 4.79 Å². The SMILES string of the molecule is Cc1ccc(C)c(NC(=O)CCc2ccc(N)c(N)c2)c1. The molecule has 0 spiro atoms. The van der Waals surface area contributed by atoms with E-state index in [1.54, 1.807) is 6.07 Å². The molecule has 2 aromatic carbocycles. The Hall–Kier alpha value is -2.49. The van der Waals surface area contributed by atoms with Gasteiger partial charge in [0.25, 0.3) is 0 Å². The highest BCUT2D eigenvalue weighted by molar-refractivity contribution is 5.91. The number of nitrogens with one attached hydrogen (secondary N) is 1. The summed E-state index contributed by atoms with van der Waals surface area (Å²) in [6, 6.07) is 11.5. The number of carbonyl (C=O) groups excluding carboxylic acids is 1. The average Bonchev–Trinajstić information content (AvgIpc) is 2.44. The van der Waals surface area contributed by atoms with Crippen molar-refractivity contribution in [2.75, 3.05) is 16.8 Å². The van der Waals surface area contributed by atoms with Crippen LogP contribution in [0.1, 0.15) is 23.1 Å². The van der Waals surface area contributed by atoms with Gasteiger partial charge in [-0.05, 0) is 55.2 Å². The Morgan fingerprint density at radius 3 is 2.52 bits per heavy atom. The van der Waals surface area contributed by atoms with Crippen molar-refractivity contribution in [2.24, 2.45) is 0 Å². The van der Waals surface area contributed by atoms with Crippen LogP contribution in [0.5, 0.6) is 0 Å². The molecule has 2 rings (SSSR count). The summed E-state index contributed by atoms with van der Waals surface area (Å²) >= 11 is 0. The van der Waals surface area contributed by atoms with E-state index in [2.05, 4.69) is 5.32 Å². The Morgan fingerprint density at radius 1 is 1.05 bits per heavy atom. The van der Waals surface area contributed by atoms with Crippen LogP contribution in [0.2, 0.25) is 0 Å². The number of amides is 1. The van der Waals surface area contributed by atoms with Crippen molar-refractivity contribution in [1.82, 2.24) is 0 Å². The van der Waals surface area contributed by atoms with Crippen LogP contribution in [0.3, 0.4) is 0 Å². The third kappa shape index (κ3) is 3.99. The summed E-state index contributed by atoms with van der Waals surface area (Å²) in [6.07, 6.45) is 1.05. The number of aryl methyl sites for hydroxylation is 3. The molecule has 1 amide bonds. The molecule has 0 aliphatic heterocycles. The van der Waals surface area contributed by atoms with Gasteiger partial charge in [-0.15, -0.1) is 0 Å². The van der Waals surface area contributed by atoms with Crippen LogP contribution in [0, 0.1) is 13.8 Å². The predicted molar refractivity (Wildman–Crippen MR) is 88.1 cm³/mol. The molecule has 4 heteroatoms. The first-order valence-electron chi connectivity index (χ1n) is 6.96. The summed E-state index contributed by atoms with van der Waals surface area (Å²) in [5.74, 6) is -0.000837. The molecule has 0 aliphatic rings. The van der Waals surface area contributed by atoms with Crippen molar-refractivity contribution in [3.8, 4) is 0 Å². The molecule has 0 aromatic heterocycles. The fourth-order valence-electron chi connectivity index (χ4n) is 2.12. The topological polar surface area (TPSA) is 81.1 Å². The van der Waals surface area contributed by atoms with Crippen LogP contribution in [0.25, 0.3) is 0 Å². The van der Waals surface area contributed by atoms with Gasteiger partial charge in [-0.25, -0.2) is 0 Å². The van der Waals surface area contributed by atoms with E-state index < -0.39 is 0 Å². The van der Waals surface area contributed by atoms with Crippen LogP contribution >= 0.6 is 0 Å². The van der Waals surface area contributed by atoms with Crippen molar-refractivity contribution in [3.05, 3.63) is 53.1 Å². The maximum Gasteiger partial charge on any atom is 0.224 e. The van der Waals surface area contributed by atoms with Crippen LogP contribution in [0.4, 0.5) is 17.1 Å². The summed E-state index contributed by atoms with van der Waals surface area (Å²) in [4.78, 5) is 12.0. The number of nitrogens with two attached hydrogens (primary N) is 2. The maximum absolute atomic E-state index is 12.0. The summed E-state index contributed by atoms with van der Waals surface area (Å²) in [5, 5.41) is 2.95. The van der Waals surface area contributed by atoms with Crippen LogP contribution in [0.15, 0.2) is 36.4 Å². The molecular weight excluding hydrogens is 262 g/mol. The predicted octanol–water partition coefficient (Wildman–Crippen LogP) is 3.04. The van der Waals surface area contributed by atoms with Gasteiger partial charge in [0.2, 0.25) is 5.91 Å². The molecule has 0 fully saturated rings. The van der Waals surface area contributed by atoms with E-state index >= 15 is 0 Å². The van der Waals surface area contributed by atoms with E-state index in [4.69, 9.17) is 11.5 Å². The first-order valence-corrected chi connectivity index (χ1v) is 6.96. The maximum atomic E-state index is 12.0. The fraction of sp³-hybridized carbons (Fsp3) is 0.235. The highest BCUT2D eigenvalue weighted by Gasteiger charge is 2.06. The molecule has 110 valence electrons. The highest BCUT2D eigenvalue weighted by atomic mass is 16.1. The fourth-order valence-corrected chi connectivity index (χ4v) is 2.12. The Balaban J connectivity index is 1.95. The van der Waals surface area contributed by atoms with E-state index in [1.165, 1.54) is 0 Å². The zero-order valence-electron chi connectivity index (χ0n) is 12.4. The summed E-state index contributed by atoms with van der Waals surface area (Å²) in [5.41, 5.74) is 16.6. The van der Waals surface area contributed by atoms with E-state index in [-0.39, 0.29) is 5.91 Å². The number of rotatable bonds is 4. The second kappa shape index (κ2) is 6.31. The van der Waals surface area contributed by atoms with E-state index in [1.807, 2.05) is 44.2 Å². The van der Waals surface area contributed by atoms with Crippen LogP contribution in [-0.4, -0.2) is 5.91 Å². The number of anilines is 3. The third-order valence-electron chi connectivity index (χ3n) is 3.46. The Morgan fingerprint density at radius 2 is 1.81 bits per heavy atom. The van der Waals surface area contributed by atoms with Crippen molar-refractivity contribution in [1.29, 1.82) is 0 Å². The van der Waals surface area contributed by atoms with E-state index in [0.29, 0.717) is 24.2 Å². The highest BCUT2D eigenvalue weighted by Crippen LogP contribution is 2.19. The molecule has 0 saturated carbocycles. The Bertz CT molecular complexity index is 665. The van der Waals surface area contributed by atoms with Gasteiger partial charge >= 0.3 is 0 Å². The first kappa shape index (κ1) is 14.9. The number of carbonyl (C=O) groups is 1. The van der Waals surface area contributed by atoms with E-state index in [0.717, 1.165) is 22.4 Å². The zero-order chi connectivity index (χ0) is 15.4. The lowest BCUT2D eigenvalue weighted by Gasteiger charge is -2.10. The molecule has 0 saturated heterocycles. The Kier molecular flexibility index (Phi) is 4.48. The molecular formula is C17H21N3O. The van der Waals surface area contributed by atoms with Crippen LogP contribution < -0.4 is 16.8 Å². The van der Waals surface area contributed by atoms with Gasteiger partial charge in [-0.1, -0.05) is 18.2 Å². The molecule has 4 nitrogen and oxygen atoms in total. The van der Waals surface area contributed by atoms with Crippen molar-refractivity contribution in [3.63, 3.8) is 0 Å². The number of hydrogen-bond donors (Lipinski definition) is 3. The lowest BCUT2D eigenvalue weighted by atomic mass is 10.1. The quantitative estimate of drug-likeness (QED) is 0.754. The van der Waals surface area contributed by atoms with Gasteiger partial charge in [0.05, 0.1) is 11.4 Å². The second-order valence-corrected chi connectivity index (χ2v) is 5.33. The molecule has 0 atom stereocenters. The smallest absolute Gasteiger partial charge is 0.224 e. The van der Waals surface area contributed by atoms with Gasteiger partial charge in [0.1, 0.15) is 0 Å². The van der Waals surface area contributed by atoms with Gasteiger partial charge < -0.3 is 16.8 Å². The molecule has 5 N–H and O–H groups in total. The third-order valence-corrected chi connectivity index (χ3v) is 3.46. The zero-order valence-corrected chi connectivity index (χ0v) is 12.4. The average molecular weight is 283 g/mol. The van der Waals surface area contributed by atoms with Gasteiger partial charge in [-0.3, -0.25) is 4.79 Å². The first-order chi connectivity index (χ1) is 9.95. The minimum absolute atomic E-state index is 0.000837. The molecule has 0 aliphatic carbocycles. The van der Waals surface area contributed by atoms with Gasteiger partial charge in [0, 0.05) is 12.1 Å². The van der Waals surface area contributed by atoms with Crippen LogP contribution in [-0.2, 0) is 11.2 Å². The van der Waals surface area contributed by atoms with Crippen molar-refractivity contribution in [2.45, 2.75) is 26.7 Å². The molecule has 0 unspecified atom stereocenters. The molecule has 21 heavy (non-hydrogen) atoms. The Labute approximate surface area is 125 Å². The minimum Gasteiger partial charge on any atom is -0.397 e. The van der Waals surface area contributed by atoms with E-state index in [9.17, 15) is 4.79 Å². The molecule has 2 aromatic rings. The van der Waals surface area contributed by atoms with Gasteiger partial charge in [-0.2, -0.15) is 0 Å². The minimum atomic E-state index is -0.000837. The number of nitrogen functional groups attached to an aromatic ring is 2. The lowest BCUT2D eigenvalue weighted by Crippen LogP contribution is -2.13.